The van der Waals surface area contributed by atoms with E-state index in [-0.39, 0.29) is 11.9 Å². The topological polar surface area (TPSA) is 44.4 Å². The van der Waals surface area contributed by atoms with Gasteiger partial charge in [-0.3, -0.25) is 9.69 Å². The molecule has 0 aromatic carbocycles. The Bertz CT molecular complexity index is 277. The van der Waals surface area contributed by atoms with Crippen molar-refractivity contribution in [1.82, 2.24) is 15.5 Å². The number of hydrogen-bond donors (Lipinski definition) is 2. The van der Waals surface area contributed by atoms with Crippen LogP contribution in [0.15, 0.2) is 0 Å². The van der Waals surface area contributed by atoms with Crippen molar-refractivity contribution < 1.29 is 4.79 Å². The minimum Gasteiger partial charge on any atom is -0.355 e. The maximum Gasteiger partial charge on any atom is 0.237 e. The lowest BCUT2D eigenvalue weighted by molar-refractivity contribution is -0.124. The van der Waals surface area contributed by atoms with Gasteiger partial charge >= 0.3 is 0 Å². The molecule has 2 saturated heterocycles. The highest BCUT2D eigenvalue weighted by atomic mass is 16.2. The van der Waals surface area contributed by atoms with Crippen molar-refractivity contribution in [2.75, 3.05) is 19.6 Å². The van der Waals surface area contributed by atoms with Crippen molar-refractivity contribution in [2.45, 2.75) is 50.2 Å². The maximum absolute atomic E-state index is 11.6. The molecule has 0 radical (unpaired) electrons. The normalized spacial score (nSPS) is 36.4. The summed E-state index contributed by atoms with van der Waals surface area (Å²) in [6, 6.07) is 1.47. The van der Waals surface area contributed by atoms with Gasteiger partial charge in [0.15, 0.2) is 0 Å². The zero-order valence-corrected chi connectivity index (χ0v) is 9.74. The van der Waals surface area contributed by atoms with Crippen LogP contribution < -0.4 is 10.6 Å². The second-order valence-corrected chi connectivity index (χ2v) is 5.36. The van der Waals surface area contributed by atoms with Crippen LogP contribution in [0.25, 0.3) is 0 Å². The van der Waals surface area contributed by atoms with Gasteiger partial charge in [0.05, 0.1) is 6.04 Å². The lowest BCUT2D eigenvalue weighted by atomic mass is 10.1. The Labute approximate surface area is 96.8 Å². The van der Waals surface area contributed by atoms with Crippen LogP contribution in [0.2, 0.25) is 0 Å². The third-order valence-electron chi connectivity index (χ3n) is 4.01. The molecule has 3 rings (SSSR count). The number of carbonyl (C=O) groups excluding carboxylic acids is 1. The Kier molecular flexibility index (Phi) is 2.86. The molecule has 0 bridgehead atoms. The summed E-state index contributed by atoms with van der Waals surface area (Å²) < 4.78 is 0. The molecule has 0 spiro atoms. The molecule has 3 fully saturated rings. The van der Waals surface area contributed by atoms with E-state index in [2.05, 4.69) is 15.5 Å². The fourth-order valence-electron chi connectivity index (χ4n) is 2.91. The van der Waals surface area contributed by atoms with E-state index < -0.39 is 0 Å². The van der Waals surface area contributed by atoms with Gasteiger partial charge in [0.25, 0.3) is 0 Å². The first kappa shape index (κ1) is 10.5. The third kappa shape index (κ3) is 2.23. The number of carbonyl (C=O) groups is 1. The molecule has 4 heteroatoms. The smallest absolute Gasteiger partial charge is 0.237 e. The molecule has 3 aliphatic rings. The molecule has 16 heavy (non-hydrogen) atoms. The molecular formula is C12H21N3O. The highest BCUT2D eigenvalue weighted by Crippen LogP contribution is 2.29. The highest BCUT2D eigenvalue weighted by Gasteiger charge is 2.35. The van der Waals surface area contributed by atoms with Crippen molar-refractivity contribution in [3.63, 3.8) is 0 Å². The monoisotopic (exact) mass is 223 g/mol. The van der Waals surface area contributed by atoms with Crippen molar-refractivity contribution in [3.05, 3.63) is 0 Å². The van der Waals surface area contributed by atoms with E-state index in [4.69, 9.17) is 0 Å². The van der Waals surface area contributed by atoms with Crippen LogP contribution in [0.5, 0.6) is 0 Å². The summed E-state index contributed by atoms with van der Waals surface area (Å²) in [5.74, 6) is 0.205. The van der Waals surface area contributed by atoms with Crippen LogP contribution in [0.4, 0.5) is 0 Å². The Balaban J connectivity index is 1.49. The fraction of sp³-hybridized carbons (Fsp3) is 0.917. The first-order valence-corrected chi connectivity index (χ1v) is 6.61. The minimum absolute atomic E-state index is 0.0675. The molecule has 2 unspecified atom stereocenters. The van der Waals surface area contributed by atoms with E-state index in [1.54, 1.807) is 0 Å². The Morgan fingerprint density at radius 3 is 2.88 bits per heavy atom. The van der Waals surface area contributed by atoms with Gasteiger partial charge < -0.3 is 10.6 Å². The number of nitrogens with one attached hydrogen (secondary N) is 2. The first-order chi connectivity index (χ1) is 7.83. The largest absolute Gasteiger partial charge is 0.355 e. The average Bonchev–Trinajstić information content (AvgIpc) is 3.03. The van der Waals surface area contributed by atoms with Gasteiger partial charge in [-0.1, -0.05) is 0 Å². The molecule has 1 amide bonds. The summed E-state index contributed by atoms with van der Waals surface area (Å²) in [7, 11) is 0. The van der Waals surface area contributed by atoms with Crippen LogP contribution in [0, 0.1) is 0 Å². The Morgan fingerprint density at radius 1 is 1.25 bits per heavy atom. The van der Waals surface area contributed by atoms with Gasteiger partial charge in [-0.2, -0.15) is 0 Å². The SMILES string of the molecule is O=C1NCCCC1NC1CCN(C2CC2)C1. The van der Waals surface area contributed by atoms with E-state index in [9.17, 15) is 4.79 Å². The molecule has 4 nitrogen and oxygen atoms in total. The number of rotatable bonds is 3. The molecular weight excluding hydrogens is 202 g/mol. The highest BCUT2D eigenvalue weighted by molar-refractivity contribution is 5.82. The molecule has 1 saturated carbocycles. The second kappa shape index (κ2) is 4.34. The van der Waals surface area contributed by atoms with E-state index >= 15 is 0 Å². The fourth-order valence-corrected chi connectivity index (χ4v) is 2.91. The zero-order valence-electron chi connectivity index (χ0n) is 9.74. The molecule has 2 heterocycles. The Hall–Kier alpha value is -0.610. The minimum atomic E-state index is 0.0675. The summed E-state index contributed by atoms with van der Waals surface area (Å²) >= 11 is 0. The van der Waals surface area contributed by atoms with Gasteiger partial charge in [0.2, 0.25) is 5.91 Å². The van der Waals surface area contributed by atoms with Crippen LogP contribution in [0.1, 0.15) is 32.1 Å². The van der Waals surface area contributed by atoms with Gasteiger partial charge in [-0.05, 0) is 32.1 Å². The van der Waals surface area contributed by atoms with E-state index in [0.29, 0.717) is 6.04 Å². The molecule has 0 aromatic rings. The summed E-state index contributed by atoms with van der Waals surface area (Å²) in [6.45, 7) is 3.22. The Morgan fingerprint density at radius 2 is 2.12 bits per heavy atom. The number of hydrogen-bond acceptors (Lipinski definition) is 3. The summed E-state index contributed by atoms with van der Waals surface area (Å²) in [4.78, 5) is 14.2. The lowest BCUT2D eigenvalue weighted by Gasteiger charge is -2.26. The lowest BCUT2D eigenvalue weighted by Crippen LogP contribution is -2.52. The first-order valence-electron chi connectivity index (χ1n) is 6.61. The number of likely N-dealkylation sites (tertiary alicyclic amines) is 1. The standard InChI is InChI=1S/C12H21N3O/c16-12-11(2-1-6-13-12)14-9-5-7-15(8-9)10-3-4-10/h9-11,14H,1-8H2,(H,13,16). The van der Waals surface area contributed by atoms with Gasteiger partial charge in [0, 0.05) is 31.7 Å². The van der Waals surface area contributed by atoms with Crippen molar-refractivity contribution in [1.29, 1.82) is 0 Å². The van der Waals surface area contributed by atoms with Gasteiger partial charge in [-0.15, -0.1) is 0 Å². The number of amides is 1. The molecule has 2 aliphatic heterocycles. The van der Waals surface area contributed by atoms with Crippen molar-refractivity contribution in [2.24, 2.45) is 0 Å². The molecule has 90 valence electrons. The summed E-state index contributed by atoms with van der Waals surface area (Å²) in [6.07, 6.45) is 6.10. The second-order valence-electron chi connectivity index (χ2n) is 5.36. The van der Waals surface area contributed by atoms with Crippen LogP contribution in [-0.4, -0.2) is 48.6 Å². The average molecular weight is 223 g/mol. The number of nitrogens with zero attached hydrogens (tertiary/aromatic N) is 1. The van der Waals surface area contributed by atoms with Crippen molar-refractivity contribution in [3.8, 4) is 0 Å². The summed E-state index contributed by atoms with van der Waals surface area (Å²) in [5, 5.41) is 6.46. The quantitative estimate of drug-likeness (QED) is 0.713. The number of piperidine rings is 1. The van der Waals surface area contributed by atoms with Crippen LogP contribution in [0.3, 0.4) is 0 Å². The molecule has 2 N–H and O–H groups in total. The molecule has 0 aromatic heterocycles. The van der Waals surface area contributed by atoms with E-state index in [1.807, 2.05) is 0 Å². The predicted molar refractivity (Wildman–Crippen MR) is 62.2 cm³/mol. The van der Waals surface area contributed by atoms with Crippen LogP contribution in [-0.2, 0) is 4.79 Å². The maximum atomic E-state index is 11.6. The zero-order chi connectivity index (χ0) is 11.0. The van der Waals surface area contributed by atoms with E-state index in [1.165, 1.54) is 25.8 Å². The molecule has 2 atom stereocenters. The van der Waals surface area contributed by atoms with Gasteiger partial charge in [-0.25, -0.2) is 0 Å². The van der Waals surface area contributed by atoms with Crippen LogP contribution >= 0.6 is 0 Å². The van der Waals surface area contributed by atoms with E-state index in [0.717, 1.165) is 32.0 Å². The van der Waals surface area contributed by atoms with Crippen molar-refractivity contribution >= 4 is 5.91 Å². The molecule has 1 aliphatic carbocycles. The van der Waals surface area contributed by atoms with Gasteiger partial charge in [0.1, 0.15) is 0 Å². The summed E-state index contributed by atoms with van der Waals surface area (Å²) in [5.41, 5.74) is 0. The predicted octanol–water partition coefficient (Wildman–Crippen LogP) is 0.0913. The third-order valence-corrected chi connectivity index (χ3v) is 4.01.